The van der Waals surface area contributed by atoms with Crippen LogP contribution in [-0.2, 0) is 29.5 Å². The number of hydrogen-bond acceptors (Lipinski definition) is 12. The Hall–Kier alpha value is -1.23. The quantitative estimate of drug-likeness (QED) is 0.142. The number of oxime groups is 1. The second-order valence-corrected chi connectivity index (χ2v) is 8.17. The van der Waals surface area contributed by atoms with Gasteiger partial charge in [-0.05, 0) is 0 Å². The summed E-state index contributed by atoms with van der Waals surface area (Å²) in [4.78, 5) is 44.0. The fourth-order valence-electron chi connectivity index (χ4n) is 2.00. The SMILES string of the molecule is CON=C(C(=O)N[C@@H]1C(=O)N(S(=O)(=O)[O-])[C@@H]1SC(C)=O)c1csc(N)n1.[Na+]. The van der Waals surface area contributed by atoms with Crippen molar-refractivity contribution in [3.05, 3.63) is 11.1 Å². The first-order chi connectivity index (χ1) is 12.1. The maximum Gasteiger partial charge on any atom is 1.00 e. The number of hydrogen-bond donors (Lipinski definition) is 2. The minimum Gasteiger partial charge on any atom is -0.731 e. The molecule has 27 heavy (non-hydrogen) atoms. The van der Waals surface area contributed by atoms with Crippen LogP contribution in [-0.4, -0.2) is 63.4 Å². The number of nitrogens with one attached hydrogen (secondary N) is 1. The van der Waals surface area contributed by atoms with Crippen LogP contribution in [0.1, 0.15) is 12.6 Å². The summed E-state index contributed by atoms with van der Waals surface area (Å²) in [5.41, 5.74) is 5.25. The molecule has 3 N–H and O–H groups in total. The summed E-state index contributed by atoms with van der Waals surface area (Å²) in [6, 6.07) is -1.42. The monoisotopic (exact) mass is 445 g/mol. The second kappa shape index (κ2) is 9.31. The van der Waals surface area contributed by atoms with Gasteiger partial charge in [-0.15, -0.1) is 11.3 Å². The van der Waals surface area contributed by atoms with Gasteiger partial charge < -0.3 is 20.4 Å². The van der Waals surface area contributed by atoms with Crippen molar-refractivity contribution in [3.8, 4) is 0 Å². The minimum atomic E-state index is -5.13. The number of carbonyl (C=O) groups excluding carboxylic acids is 3. The molecular weight excluding hydrogens is 433 g/mol. The zero-order chi connectivity index (χ0) is 19.6. The van der Waals surface area contributed by atoms with E-state index in [0.29, 0.717) is 11.8 Å². The van der Waals surface area contributed by atoms with Crippen molar-refractivity contribution in [3.63, 3.8) is 0 Å². The third-order valence-corrected chi connectivity index (χ3v) is 5.73. The van der Waals surface area contributed by atoms with Crippen LogP contribution in [0, 0.1) is 0 Å². The van der Waals surface area contributed by atoms with Crippen LogP contribution in [0.5, 0.6) is 0 Å². The van der Waals surface area contributed by atoms with Gasteiger partial charge in [0.2, 0.25) is 0 Å². The number of nitrogen functional groups attached to an aromatic ring is 1. The number of thiazole rings is 1. The van der Waals surface area contributed by atoms with E-state index in [2.05, 4.69) is 20.3 Å². The molecule has 1 saturated heterocycles. The molecule has 0 aromatic carbocycles. The first-order valence-electron chi connectivity index (χ1n) is 6.66. The molecule has 1 aromatic rings. The molecule has 12 nitrogen and oxygen atoms in total. The number of β-lactam (4-membered cyclic amide) rings is 1. The molecule has 0 aliphatic carbocycles. The van der Waals surface area contributed by atoms with Crippen LogP contribution in [0.15, 0.2) is 10.5 Å². The Labute approximate surface area is 184 Å². The molecule has 16 heteroatoms. The standard InChI is InChI=1S/C11H13N5O7S3.Na/c1-4(17)25-10-7(9(19)16(10)26(20,21)22)14-8(18)6(15-23-2)5-3-24-11(12)13-5;/h3,7,10H,1-2H3,(H2,12,13)(H,14,18)(H,20,21,22);/q;+1/p-1/t7-,10-;/m1./s1. The van der Waals surface area contributed by atoms with Gasteiger partial charge in [-0.25, -0.2) is 17.7 Å². The molecule has 1 aliphatic heterocycles. The molecule has 1 aliphatic rings. The van der Waals surface area contributed by atoms with E-state index in [4.69, 9.17) is 5.73 Å². The molecule has 2 atom stereocenters. The van der Waals surface area contributed by atoms with Crippen LogP contribution in [0.25, 0.3) is 0 Å². The van der Waals surface area contributed by atoms with E-state index in [1.807, 2.05) is 0 Å². The summed E-state index contributed by atoms with van der Waals surface area (Å²) in [7, 11) is -3.95. The van der Waals surface area contributed by atoms with Gasteiger partial charge in [0.25, 0.3) is 11.8 Å². The number of nitrogens with two attached hydrogens (primary N) is 1. The minimum absolute atomic E-state index is 0. The van der Waals surface area contributed by atoms with Crippen molar-refractivity contribution >= 4 is 61.2 Å². The van der Waals surface area contributed by atoms with Crippen LogP contribution in [0.3, 0.4) is 0 Å². The zero-order valence-corrected chi connectivity index (χ0v) is 18.7. The third kappa shape index (κ3) is 5.40. The van der Waals surface area contributed by atoms with E-state index >= 15 is 0 Å². The van der Waals surface area contributed by atoms with Crippen LogP contribution in [0.4, 0.5) is 5.13 Å². The Bertz CT molecular complexity index is 887. The Morgan fingerprint density at radius 1 is 1.52 bits per heavy atom. The average molecular weight is 445 g/mol. The van der Waals surface area contributed by atoms with Crippen molar-refractivity contribution in [2.24, 2.45) is 5.16 Å². The Kier molecular flexibility index (Phi) is 8.21. The Balaban J connectivity index is 0.00000364. The normalized spacial score (nSPS) is 19.7. The van der Waals surface area contributed by atoms with E-state index in [1.165, 1.54) is 12.5 Å². The van der Waals surface area contributed by atoms with Crippen LogP contribution >= 0.6 is 23.1 Å². The molecule has 0 unspecified atom stereocenters. The molecule has 0 spiro atoms. The summed E-state index contributed by atoms with van der Waals surface area (Å²) < 4.78 is 33.5. The first-order valence-corrected chi connectivity index (χ1v) is 9.78. The smallest absolute Gasteiger partial charge is 0.731 e. The molecule has 2 heterocycles. The molecule has 0 radical (unpaired) electrons. The largest absolute Gasteiger partial charge is 1.00 e. The van der Waals surface area contributed by atoms with Crippen molar-refractivity contribution in [1.82, 2.24) is 14.6 Å². The van der Waals surface area contributed by atoms with Gasteiger partial charge in [0.05, 0.1) is 0 Å². The van der Waals surface area contributed by atoms with Crippen molar-refractivity contribution < 1.29 is 61.7 Å². The molecular formula is C11H12N5NaO7S3. The number of nitrogens with zero attached hydrogens (tertiary/aromatic N) is 3. The molecule has 1 fully saturated rings. The number of rotatable bonds is 6. The van der Waals surface area contributed by atoms with E-state index in [9.17, 15) is 27.4 Å². The molecule has 0 saturated carbocycles. The maximum absolute atomic E-state index is 12.4. The fraction of sp³-hybridized carbons (Fsp3) is 0.364. The number of thioether (sulfide) groups is 1. The second-order valence-electron chi connectivity index (χ2n) is 4.74. The molecule has 2 amide bonds. The van der Waals surface area contributed by atoms with E-state index in [-0.39, 0.29) is 50.4 Å². The van der Waals surface area contributed by atoms with E-state index in [0.717, 1.165) is 18.3 Å². The third-order valence-electron chi connectivity index (χ3n) is 2.98. The number of carbonyl (C=O) groups is 3. The van der Waals surface area contributed by atoms with Crippen molar-refractivity contribution in [2.75, 3.05) is 12.8 Å². The Morgan fingerprint density at radius 3 is 2.59 bits per heavy atom. The van der Waals surface area contributed by atoms with E-state index < -0.39 is 38.6 Å². The van der Waals surface area contributed by atoms with Gasteiger partial charge in [0, 0.05) is 12.3 Å². The summed E-state index contributed by atoms with van der Waals surface area (Å²) in [5, 5.41) is 5.37. The fourth-order valence-corrected chi connectivity index (χ4v) is 4.56. The topological polar surface area (TPSA) is 184 Å². The zero-order valence-electron chi connectivity index (χ0n) is 14.2. The van der Waals surface area contributed by atoms with Gasteiger partial charge in [0.1, 0.15) is 24.2 Å². The van der Waals surface area contributed by atoms with Gasteiger partial charge in [0.15, 0.2) is 26.3 Å². The molecule has 1 aromatic heterocycles. The average Bonchev–Trinajstić information content (AvgIpc) is 2.94. The van der Waals surface area contributed by atoms with E-state index in [1.54, 1.807) is 0 Å². The maximum atomic E-state index is 12.4. The van der Waals surface area contributed by atoms with Crippen molar-refractivity contribution in [2.45, 2.75) is 18.3 Å². The predicted molar refractivity (Wildman–Crippen MR) is 90.6 cm³/mol. The summed E-state index contributed by atoms with van der Waals surface area (Å²) >= 11 is 1.46. The van der Waals surface area contributed by atoms with Crippen LogP contribution < -0.4 is 40.6 Å². The number of amides is 2. The summed E-state index contributed by atoms with van der Waals surface area (Å²) in [6.45, 7) is 1.12. The van der Waals surface area contributed by atoms with Crippen LogP contribution in [0.2, 0.25) is 0 Å². The number of anilines is 1. The number of aromatic nitrogens is 1. The van der Waals surface area contributed by atoms with Gasteiger partial charge >= 0.3 is 29.6 Å². The van der Waals surface area contributed by atoms with Gasteiger partial charge in [-0.3, -0.25) is 14.4 Å². The predicted octanol–water partition coefficient (Wildman–Crippen LogP) is -4.53. The molecule has 2 rings (SSSR count). The summed E-state index contributed by atoms with van der Waals surface area (Å²) in [5.74, 6) is -2.09. The first kappa shape index (κ1) is 23.8. The van der Waals surface area contributed by atoms with Gasteiger partial charge in [-0.1, -0.05) is 16.9 Å². The Morgan fingerprint density at radius 2 is 2.15 bits per heavy atom. The molecule has 0 bridgehead atoms. The van der Waals surface area contributed by atoms with Crippen molar-refractivity contribution in [1.29, 1.82) is 0 Å². The molecule has 142 valence electrons. The summed E-state index contributed by atoms with van der Waals surface area (Å²) in [6.07, 6.45) is 0. The van der Waals surface area contributed by atoms with Gasteiger partial charge in [-0.2, -0.15) is 0 Å².